The molecule has 0 unspecified atom stereocenters. The number of nitrogens with one attached hydrogen (secondary N) is 1. The molecule has 0 saturated heterocycles. The predicted octanol–water partition coefficient (Wildman–Crippen LogP) is 2.60. The zero-order chi connectivity index (χ0) is 13.2. The van der Waals surface area contributed by atoms with Crippen LogP contribution in [0.5, 0.6) is 5.75 Å². The number of H-pyrrole nitrogens is 1. The molecule has 0 fully saturated rings. The molecule has 0 bridgehead atoms. The molecule has 0 amide bonds. The summed E-state index contributed by atoms with van der Waals surface area (Å²) in [5, 5.41) is 2.11. The van der Waals surface area contributed by atoms with Crippen molar-refractivity contribution in [2.45, 2.75) is 0 Å². The second-order valence-corrected chi connectivity index (χ2v) is 4.19. The first-order valence-electron chi connectivity index (χ1n) is 5.90. The molecule has 0 aliphatic heterocycles. The highest BCUT2D eigenvalue weighted by Gasteiger charge is 2.05. The summed E-state index contributed by atoms with van der Waals surface area (Å²) in [5.41, 5.74) is 1.05. The minimum Gasteiger partial charge on any atom is -0.497 e. The van der Waals surface area contributed by atoms with Crippen molar-refractivity contribution < 1.29 is 4.74 Å². The average molecular weight is 252 g/mol. The molecule has 4 nitrogen and oxygen atoms in total. The van der Waals surface area contributed by atoms with E-state index in [1.165, 1.54) is 6.20 Å². The van der Waals surface area contributed by atoms with Crippen LogP contribution in [-0.2, 0) is 0 Å². The Morgan fingerprint density at radius 1 is 1.11 bits per heavy atom. The van der Waals surface area contributed by atoms with Crippen LogP contribution in [0, 0.1) is 0 Å². The van der Waals surface area contributed by atoms with Gasteiger partial charge in [-0.25, -0.2) is 4.98 Å². The van der Waals surface area contributed by atoms with Crippen molar-refractivity contribution in [3.8, 4) is 17.0 Å². The molecule has 1 aromatic heterocycles. The van der Waals surface area contributed by atoms with Crippen LogP contribution in [0.25, 0.3) is 22.0 Å². The van der Waals surface area contributed by atoms with E-state index in [2.05, 4.69) is 9.97 Å². The SMILES string of the molecule is COc1ccc2cc(-c3ncc[nH]c3=O)ccc2c1. The van der Waals surface area contributed by atoms with Crippen LogP contribution in [0.15, 0.2) is 53.6 Å². The molecule has 3 aromatic rings. The Morgan fingerprint density at radius 3 is 2.68 bits per heavy atom. The Balaban J connectivity index is 2.17. The number of aromatic nitrogens is 2. The van der Waals surface area contributed by atoms with Gasteiger partial charge in [-0.05, 0) is 29.0 Å². The fourth-order valence-corrected chi connectivity index (χ4v) is 2.06. The molecule has 0 radical (unpaired) electrons. The summed E-state index contributed by atoms with van der Waals surface area (Å²) >= 11 is 0. The third-order valence-electron chi connectivity index (χ3n) is 3.03. The van der Waals surface area contributed by atoms with Crippen molar-refractivity contribution in [3.63, 3.8) is 0 Å². The number of rotatable bonds is 2. The van der Waals surface area contributed by atoms with Gasteiger partial charge in [0.05, 0.1) is 7.11 Å². The number of nitrogens with zero attached hydrogens (tertiary/aromatic N) is 1. The highest BCUT2D eigenvalue weighted by Crippen LogP contribution is 2.24. The first-order chi connectivity index (χ1) is 9.28. The Kier molecular flexibility index (Phi) is 2.76. The topological polar surface area (TPSA) is 55.0 Å². The fourth-order valence-electron chi connectivity index (χ4n) is 2.06. The van der Waals surface area contributed by atoms with Crippen LogP contribution in [0.1, 0.15) is 0 Å². The number of hydrogen-bond donors (Lipinski definition) is 1. The summed E-state index contributed by atoms with van der Waals surface area (Å²) in [4.78, 5) is 18.5. The molecule has 0 atom stereocenters. The maximum Gasteiger partial charge on any atom is 0.274 e. The van der Waals surface area contributed by atoms with Crippen LogP contribution in [0.2, 0.25) is 0 Å². The lowest BCUT2D eigenvalue weighted by molar-refractivity contribution is 0.415. The highest BCUT2D eigenvalue weighted by molar-refractivity contribution is 5.87. The molecule has 2 aromatic carbocycles. The van der Waals surface area contributed by atoms with Gasteiger partial charge < -0.3 is 9.72 Å². The Hall–Kier alpha value is -2.62. The van der Waals surface area contributed by atoms with E-state index in [1.807, 2.05) is 36.4 Å². The van der Waals surface area contributed by atoms with Gasteiger partial charge in [-0.1, -0.05) is 18.2 Å². The molecule has 0 saturated carbocycles. The van der Waals surface area contributed by atoms with E-state index in [9.17, 15) is 4.79 Å². The third-order valence-corrected chi connectivity index (χ3v) is 3.03. The van der Waals surface area contributed by atoms with Gasteiger partial charge >= 0.3 is 0 Å². The maximum absolute atomic E-state index is 11.7. The number of hydrogen-bond acceptors (Lipinski definition) is 3. The minimum absolute atomic E-state index is 0.185. The van der Waals surface area contributed by atoms with Gasteiger partial charge in [0.25, 0.3) is 5.56 Å². The second-order valence-electron chi connectivity index (χ2n) is 4.19. The molecule has 19 heavy (non-hydrogen) atoms. The van der Waals surface area contributed by atoms with E-state index < -0.39 is 0 Å². The zero-order valence-corrected chi connectivity index (χ0v) is 10.4. The smallest absolute Gasteiger partial charge is 0.274 e. The number of fused-ring (bicyclic) bond motifs is 1. The van der Waals surface area contributed by atoms with Crippen LogP contribution in [0.4, 0.5) is 0 Å². The van der Waals surface area contributed by atoms with Gasteiger partial charge in [0.15, 0.2) is 0 Å². The van der Waals surface area contributed by atoms with Crippen molar-refractivity contribution in [2.24, 2.45) is 0 Å². The van der Waals surface area contributed by atoms with Gasteiger partial charge in [-0.15, -0.1) is 0 Å². The first kappa shape index (κ1) is 11.5. The molecular weight excluding hydrogens is 240 g/mol. The summed E-state index contributed by atoms with van der Waals surface area (Å²) in [7, 11) is 1.64. The van der Waals surface area contributed by atoms with Crippen LogP contribution in [0.3, 0.4) is 0 Å². The maximum atomic E-state index is 11.7. The lowest BCUT2D eigenvalue weighted by atomic mass is 10.0. The van der Waals surface area contributed by atoms with E-state index in [-0.39, 0.29) is 5.56 Å². The van der Waals surface area contributed by atoms with Crippen LogP contribution >= 0.6 is 0 Å². The molecular formula is C15H12N2O2. The first-order valence-corrected chi connectivity index (χ1v) is 5.90. The number of aromatic amines is 1. The number of benzene rings is 2. The second kappa shape index (κ2) is 4.57. The monoisotopic (exact) mass is 252 g/mol. The van der Waals surface area contributed by atoms with Crippen molar-refractivity contribution in [3.05, 3.63) is 59.1 Å². The lowest BCUT2D eigenvalue weighted by Gasteiger charge is -2.04. The average Bonchev–Trinajstić information content (AvgIpc) is 2.46. The van der Waals surface area contributed by atoms with Crippen LogP contribution < -0.4 is 10.3 Å². The molecule has 3 rings (SSSR count). The molecule has 0 spiro atoms. The Labute approximate surface area is 109 Å². The summed E-state index contributed by atoms with van der Waals surface area (Å²) in [6, 6.07) is 11.6. The van der Waals surface area contributed by atoms with Gasteiger partial charge in [0, 0.05) is 18.0 Å². The van der Waals surface area contributed by atoms with Gasteiger partial charge in [0.1, 0.15) is 11.4 Å². The quantitative estimate of drug-likeness (QED) is 0.762. The molecule has 0 aliphatic carbocycles. The molecule has 4 heteroatoms. The predicted molar refractivity (Wildman–Crippen MR) is 74.4 cm³/mol. The summed E-state index contributed by atoms with van der Waals surface area (Å²) in [5.74, 6) is 0.816. The fraction of sp³-hybridized carbons (Fsp3) is 0.0667. The standard InChI is InChI=1S/C15H12N2O2/c1-19-13-5-4-10-8-12(3-2-11(10)9-13)14-15(18)17-7-6-16-14/h2-9H,1H3,(H,17,18). The van der Waals surface area contributed by atoms with Gasteiger partial charge in [-0.2, -0.15) is 0 Å². The summed E-state index contributed by atoms with van der Waals surface area (Å²) < 4.78 is 5.19. The van der Waals surface area contributed by atoms with Crippen LogP contribution in [-0.4, -0.2) is 17.1 Å². The Bertz CT molecular complexity index is 793. The molecule has 0 aliphatic rings. The highest BCUT2D eigenvalue weighted by atomic mass is 16.5. The lowest BCUT2D eigenvalue weighted by Crippen LogP contribution is -2.09. The van der Waals surface area contributed by atoms with Crippen molar-refractivity contribution in [1.29, 1.82) is 0 Å². The van der Waals surface area contributed by atoms with Crippen molar-refractivity contribution in [1.82, 2.24) is 9.97 Å². The summed E-state index contributed by atoms with van der Waals surface area (Å²) in [6.45, 7) is 0. The van der Waals surface area contributed by atoms with E-state index in [0.29, 0.717) is 5.69 Å². The van der Waals surface area contributed by atoms with E-state index in [0.717, 1.165) is 22.1 Å². The number of methoxy groups -OCH3 is 1. The van der Waals surface area contributed by atoms with Gasteiger partial charge in [0.2, 0.25) is 0 Å². The normalized spacial score (nSPS) is 10.6. The largest absolute Gasteiger partial charge is 0.497 e. The van der Waals surface area contributed by atoms with Crippen molar-refractivity contribution in [2.75, 3.05) is 7.11 Å². The van der Waals surface area contributed by atoms with Crippen molar-refractivity contribution >= 4 is 10.8 Å². The molecule has 1 N–H and O–H groups in total. The number of ether oxygens (including phenoxy) is 1. The van der Waals surface area contributed by atoms with E-state index in [1.54, 1.807) is 13.3 Å². The summed E-state index contributed by atoms with van der Waals surface area (Å²) in [6.07, 6.45) is 3.10. The van der Waals surface area contributed by atoms with E-state index in [4.69, 9.17) is 4.74 Å². The molecule has 94 valence electrons. The Morgan fingerprint density at radius 2 is 1.89 bits per heavy atom. The van der Waals surface area contributed by atoms with Gasteiger partial charge in [-0.3, -0.25) is 4.79 Å². The molecule has 1 heterocycles. The minimum atomic E-state index is -0.185. The third kappa shape index (κ3) is 2.08. The van der Waals surface area contributed by atoms with E-state index >= 15 is 0 Å². The zero-order valence-electron chi connectivity index (χ0n) is 10.4.